The van der Waals surface area contributed by atoms with Crippen LogP contribution in [-0.4, -0.2) is 33.2 Å². The molecular formula is C2H12CuNO7. The van der Waals surface area contributed by atoms with Crippen LogP contribution in [0, 0.1) is 15.3 Å². The Kier molecular flexibility index (Phi) is 233. The van der Waals surface area contributed by atoms with E-state index in [2.05, 4.69) is 0 Å². The minimum atomic E-state index is -1.75. The van der Waals surface area contributed by atoms with Crippen LogP contribution in [-0.2, 0) is 17.1 Å². The molecule has 0 radical (unpaired) electrons. The first kappa shape index (κ1) is 46.4. The van der Waals surface area contributed by atoms with E-state index in [9.17, 15) is 0 Å². The Labute approximate surface area is 73.3 Å². The van der Waals surface area contributed by atoms with Gasteiger partial charge in [-0.2, -0.15) is 0 Å². The van der Waals surface area contributed by atoms with Crippen LogP contribution in [0.4, 0.5) is 0 Å². The third kappa shape index (κ3) is 2820. The normalized spacial score (nSPS) is 3.82. The minimum absolute atomic E-state index is 0. The summed E-state index contributed by atoms with van der Waals surface area (Å²) in [6.07, 6.45) is 0. The van der Waals surface area contributed by atoms with Crippen LogP contribution in [0.25, 0.3) is 0 Å². The van der Waals surface area contributed by atoms with Gasteiger partial charge in [-0.3, -0.25) is 0 Å². The molecule has 0 aromatic heterocycles. The maximum absolute atomic E-state index is 8.25. The SMILES string of the molecule is CCO.O.O.O.O=[N+]([O-])[O-].[Cu+]. The molecule has 0 aliphatic heterocycles. The maximum atomic E-state index is 8.25. The van der Waals surface area contributed by atoms with E-state index in [1.807, 2.05) is 0 Å². The Balaban J connectivity index is -0.00000000848. The number of rotatable bonds is 0. The average Bonchev–Trinajstić information content (AvgIpc) is 1.33. The predicted molar refractivity (Wildman–Crippen MR) is 34.0 cm³/mol. The summed E-state index contributed by atoms with van der Waals surface area (Å²) >= 11 is 0. The van der Waals surface area contributed by atoms with Crippen molar-refractivity contribution in [3.63, 3.8) is 0 Å². The van der Waals surface area contributed by atoms with Gasteiger partial charge in [0.15, 0.2) is 0 Å². The van der Waals surface area contributed by atoms with Gasteiger partial charge in [0.05, 0.1) is 5.09 Å². The summed E-state index contributed by atoms with van der Waals surface area (Å²) in [5.74, 6) is 0. The Morgan fingerprint density at radius 3 is 1.27 bits per heavy atom. The predicted octanol–water partition coefficient (Wildman–Crippen LogP) is -2.72. The molecule has 7 N–H and O–H groups in total. The van der Waals surface area contributed by atoms with Crippen molar-refractivity contribution in [2.75, 3.05) is 6.61 Å². The second-order valence-corrected chi connectivity index (χ2v) is 0.540. The molecule has 0 fully saturated rings. The van der Waals surface area contributed by atoms with Gasteiger partial charge in [-0.1, -0.05) is 0 Å². The van der Waals surface area contributed by atoms with Gasteiger partial charge in [-0.05, 0) is 6.92 Å². The fraction of sp³-hybridized carbons (Fsp3) is 1.00. The van der Waals surface area contributed by atoms with E-state index in [1.54, 1.807) is 6.92 Å². The molecular weight excluding hydrogens is 214 g/mol. The van der Waals surface area contributed by atoms with Crippen LogP contribution < -0.4 is 0 Å². The summed E-state index contributed by atoms with van der Waals surface area (Å²) in [5.41, 5.74) is 0. The Bertz CT molecular complexity index is 47.7. The molecule has 0 aliphatic rings. The first-order valence-electron chi connectivity index (χ1n) is 1.57. The number of nitrogens with zero attached hydrogens (tertiary/aromatic N) is 1. The van der Waals surface area contributed by atoms with Crippen LogP contribution in [0.5, 0.6) is 0 Å². The molecule has 0 aliphatic carbocycles. The van der Waals surface area contributed by atoms with Crippen LogP contribution >= 0.6 is 0 Å². The summed E-state index contributed by atoms with van der Waals surface area (Å²) < 4.78 is 0. The van der Waals surface area contributed by atoms with Crippen molar-refractivity contribution in [1.29, 1.82) is 0 Å². The zero-order valence-corrected chi connectivity index (χ0v) is 6.57. The molecule has 78 valence electrons. The topological polar surface area (TPSA) is 181 Å². The number of hydrogen-bond acceptors (Lipinski definition) is 4. The van der Waals surface area contributed by atoms with Gasteiger partial charge in [-0.15, -0.1) is 0 Å². The quantitative estimate of drug-likeness (QED) is 0.267. The molecule has 0 atom stereocenters. The van der Waals surface area contributed by atoms with Crippen molar-refractivity contribution in [1.82, 2.24) is 0 Å². The standard InChI is InChI=1S/C2H6O.Cu.NO3.3H2O/c1-2-3;;2-1(3)4;;;/h3H,2H2,1H3;;;3*1H2/q;+1;-1;;;. The molecule has 0 aromatic carbocycles. The molecule has 0 rings (SSSR count). The van der Waals surface area contributed by atoms with Gasteiger partial charge in [0.2, 0.25) is 0 Å². The molecule has 0 aromatic rings. The van der Waals surface area contributed by atoms with Gasteiger partial charge < -0.3 is 36.9 Å². The Morgan fingerprint density at radius 1 is 1.27 bits per heavy atom. The van der Waals surface area contributed by atoms with E-state index >= 15 is 0 Å². The molecule has 0 saturated heterocycles. The monoisotopic (exact) mass is 225 g/mol. The summed E-state index contributed by atoms with van der Waals surface area (Å²) in [6.45, 7) is 1.93. The third-order valence-corrected chi connectivity index (χ3v) is 0. The van der Waals surface area contributed by atoms with Crippen LogP contribution in [0.3, 0.4) is 0 Å². The smallest absolute Gasteiger partial charge is 0.412 e. The van der Waals surface area contributed by atoms with Crippen LogP contribution in [0.2, 0.25) is 0 Å². The summed E-state index contributed by atoms with van der Waals surface area (Å²) in [6, 6.07) is 0. The van der Waals surface area contributed by atoms with Crippen molar-refractivity contribution in [2.45, 2.75) is 6.92 Å². The summed E-state index contributed by atoms with van der Waals surface area (Å²) in [7, 11) is 0. The van der Waals surface area contributed by atoms with E-state index in [4.69, 9.17) is 20.4 Å². The second kappa shape index (κ2) is 55.3. The molecule has 11 heavy (non-hydrogen) atoms. The largest absolute Gasteiger partial charge is 1.00 e. The molecule has 8 nitrogen and oxygen atoms in total. The number of aliphatic hydroxyl groups excluding tert-OH is 1. The molecule has 9 heteroatoms. The van der Waals surface area contributed by atoms with E-state index < -0.39 is 5.09 Å². The average molecular weight is 226 g/mol. The Hall–Kier alpha value is -0.441. The van der Waals surface area contributed by atoms with Crippen molar-refractivity contribution < 1.29 is 43.7 Å². The first-order chi connectivity index (χ1) is 3.15. The molecule has 0 amide bonds. The van der Waals surface area contributed by atoms with E-state index in [1.165, 1.54) is 0 Å². The van der Waals surface area contributed by atoms with Crippen molar-refractivity contribution in [3.8, 4) is 0 Å². The van der Waals surface area contributed by atoms with Crippen molar-refractivity contribution in [3.05, 3.63) is 15.3 Å². The van der Waals surface area contributed by atoms with Gasteiger partial charge in [0, 0.05) is 6.61 Å². The van der Waals surface area contributed by atoms with Gasteiger partial charge in [0.1, 0.15) is 0 Å². The fourth-order valence-corrected chi connectivity index (χ4v) is 0. The summed E-state index contributed by atoms with van der Waals surface area (Å²) in [5, 5.41) is 22.3. The molecule has 0 bridgehead atoms. The van der Waals surface area contributed by atoms with Gasteiger partial charge >= 0.3 is 17.1 Å². The Morgan fingerprint density at radius 2 is 1.27 bits per heavy atom. The van der Waals surface area contributed by atoms with E-state index in [0.717, 1.165) is 0 Å². The van der Waals surface area contributed by atoms with Crippen molar-refractivity contribution in [2.24, 2.45) is 0 Å². The number of hydrogen-bond donors (Lipinski definition) is 1. The third-order valence-electron chi connectivity index (χ3n) is 0. The zero-order chi connectivity index (χ0) is 6.28. The maximum Gasteiger partial charge on any atom is 1.00 e. The molecule has 0 heterocycles. The molecule has 0 saturated carbocycles. The van der Waals surface area contributed by atoms with Gasteiger partial charge in [-0.25, -0.2) is 0 Å². The zero-order valence-electron chi connectivity index (χ0n) is 5.63. The second-order valence-electron chi connectivity index (χ2n) is 0.540. The molecule has 0 unspecified atom stereocenters. The summed E-state index contributed by atoms with van der Waals surface area (Å²) in [4.78, 5) is 8.25. The first-order valence-corrected chi connectivity index (χ1v) is 1.57. The number of aliphatic hydroxyl groups is 1. The van der Waals surface area contributed by atoms with Gasteiger partial charge in [0.25, 0.3) is 0 Å². The fourth-order valence-electron chi connectivity index (χ4n) is 0. The minimum Gasteiger partial charge on any atom is -0.412 e. The van der Waals surface area contributed by atoms with E-state index in [0.29, 0.717) is 0 Å². The van der Waals surface area contributed by atoms with Crippen molar-refractivity contribution >= 4 is 0 Å². The molecule has 0 spiro atoms. The van der Waals surface area contributed by atoms with Crippen LogP contribution in [0.1, 0.15) is 6.92 Å². The van der Waals surface area contributed by atoms with E-state index in [-0.39, 0.29) is 40.1 Å². The van der Waals surface area contributed by atoms with Crippen LogP contribution in [0.15, 0.2) is 0 Å².